The molecule has 0 heterocycles. The molecule has 0 rings (SSSR count). The molecule has 0 saturated carbocycles. The second kappa shape index (κ2) is 6.08. The number of rotatable bonds is 5. The smallest absolute Gasteiger partial charge is 0.00867 e. The van der Waals surface area contributed by atoms with Gasteiger partial charge in [-0.05, 0) is 48.3 Å². The first-order chi connectivity index (χ1) is 8.59. The number of allylic oxidation sites excluding steroid dienone is 2. The van der Waals surface area contributed by atoms with Gasteiger partial charge in [-0.2, -0.15) is 0 Å². The van der Waals surface area contributed by atoms with Crippen molar-refractivity contribution >= 4 is 0 Å². The van der Waals surface area contributed by atoms with Gasteiger partial charge in [0.1, 0.15) is 0 Å². The van der Waals surface area contributed by atoms with E-state index in [0.29, 0.717) is 17.3 Å². The Morgan fingerprint density at radius 1 is 0.750 bits per heavy atom. The SMILES string of the molecule is C=C(C)C(C(C(=C)C)C(C)(C)CC(C)(C)C)C(C)(C)C. The van der Waals surface area contributed by atoms with Crippen LogP contribution in [0.1, 0.15) is 75.7 Å². The van der Waals surface area contributed by atoms with Crippen LogP contribution >= 0.6 is 0 Å². The summed E-state index contributed by atoms with van der Waals surface area (Å²) in [4.78, 5) is 0. The Balaban J connectivity index is 5.75. The molecule has 0 aromatic rings. The highest BCUT2D eigenvalue weighted by atomic mass is 14.5. The third kappa shape index (κ3) is 5.46. The summed E-state index contributed by atoms with van der Waals surface area (Å²) in [6.45, 7) is 31.8. The molecule has 2 atom stereocenters. The van der Waals surface area contributed by atoms with E-state index in [0.717, 1.165) is 0 Å². The van der Waals surface area contributed by atoms with Gasteiger partial charge in [0.2, 0.25) is 0 Å². The van der Waals surface area contributed by atoms with Gasteiger partial charge >= 0.3 is 0 Å². The maximum absolute atomic E-state index is 4.33. The standard InChI is InChI=1S/C20H38/c1-14(2)16(19(8,9)10)17(15(3)4)20(11,12)13-18(5,6)7/h16-17H,1,3,13H2,2,4-12H3. The molecular formula is C20H38. The third-order valence-corrected chi connectivity index (χ3v) is 4.16. The maximum Gasteiger partial charge on any atom is -0.00867 e. The molecule has 0 aromatic heterocycles. The summed E-state index contributed by atoms with van der Waals surface area (Å²) in [5.74, 6) is 0.941. The first-order valence-electron chi connectivity index (χ1n) is 7.90. The Kier molecular flexibility index (Phi) is 5.92. The molecule has 0 N–H and O–H groups in total. The summed E-state index contributed by atoms with van der Waals surface area (Å²) < 4.78 is 0. The van der Waals surface area contributed by atoms with E-state index >= 15 is 0 Å². The van der Waals surface area contributed by atoms with Crippen molar-refractivity contribution in [1.82, 2.24) is 0 Å². The zero-order valence-corrected chi connectivity index (χ0v) is 15.8. The van der Waals surface area contributed by atoms with Crippen LogP contribution in [0.2, 0.25) is 0 Å². The molecular weight excluding hydrogens is 240 g/mol. The van der Waals surface area contributed by atoms with Crippen LogP contribution in [0.25, 0.3) is 0 Å². The predicted molar refractivity (Wildman–Crippen MR) is 93.9 cm³/mol. The molecule has 0 nitrogen and oxygen atoms in total. The minimum absolute atomic E-state index is 0.213. The van der Waals surface area contributed by atoms with Crippen molar-refractivity contribution in [1.29, 1.82) is 0 Å². The largest absolute Gasteiger partial charge is 0.0998 e. The molecule has 0 saturated heterocycles. The van der Waals surface area contributed by atoms with Crippen LogP contribution in [0, 0.1) is 28.1 Å². The topological polar surface area (TPSA) is 0 Å². The Labute approximate surface area is 128 Å². The highest BCUT2D eigenvalue weighted by molar-refractivity contribution is 5.16. The zero-order valence-electron chi connectivity index (χ0n) is 15.8. The number of hydrogen-bond donors (Lipinski definition) is 0. The minimum Gasteiger partial charge on any atom is -0.0998 e. The molecule has 0 bridgehead atoms. The quantitative estimate of drug-likeness (QED) is 0.481. The minimum atomic E-state index is 0.213. The molecule has 0 heteroatoms. The summed E-state index contributed by atoms with van der Waals surface area (Å²) in [7, 11) is 0. The zero-order chi connectivity index (χ0) is 16.5. The van der Waals surface area contributed by atoms with Gasteiger partial charge in [0, 0.05) is 0 Å². The van der Waals surface area contributed by atoms with Crippen LogP contribution in [0.15, 0.2) is 24.3 Å². The Morgan fingerprint density at radius 2 is 1.10 bits per heavy atom. The molecule has 0 amide bonds. The lowest BCUT2D eigenvalue weighted by Crippen LogP contribution is -2.40. The van der Waals surface area contributed by atoms with E-state index in [4.69, 9.17) is 0 Å². The summed E-state index contributed by atoms with van der Waals surface area (Å²) in [5.41, 5.74) is 3.34. The lowest BCUT2D eigenvalue weighted by atomic mass is 9.56. The van der Waals surface area contributed by atoms with E-state index in [9.17, 15) is 0 Å². The molecule has 2 unspecified atom stereocenters. The second-order valence-electron chi connectivity index (χ2n) is 9.74. The molecule has 0 aliphatic heterocycles. The van der Waals surface area contributed by atoms with Crippen LogP contribution in [0.5, 0.6) is 0 Å². The van der Waals surface area contributed by atoms with E-state index in [1.54, 1.807) is 0 Å². The van der Waals surface area contributed by atoms with Crippen molar-refractivity contribution < 1.29 is 0 Å². The number of hydrogen-bond acceptors (Lipinski definition) is 0. The lowest BCUT2D eigenvalue weighted by molar-refractivity contribution is 0.0742. The lowest BCUT2D eigenvalue weighted by Gasteiger charge is -2.48. The Hall–Kier alpha value is -0.520. The summed E-state index contributed by atoms with van der Waals surface area (Å²) in [6, 6.07) is 0. The average Bonchev–Trinajstić information content (AvgIpc) is 2.05. The van der Waals surface area contributed by atoms with Gasteiger partial charge in [-0.25, -0.2) is 0 Å². The van der Waals surface area contributed by atoms with E-state index < -0.39 is 0 Å². The van der Waals surface area contributed by atoms with Crippen molar-refractivity contribution in [3.05, 3.63) is 24.3 Å². The fourth-order valence-corrected chi connectivity index (χ4v) is 4.40. The predicted octanol–water partition coefficient (Wildman–Crippen LogP) is 6.88. The molecule has 20 heavy (non-hydrogen) atoms. The fourth-order valence-electron chi connectivity index (χ4n) is 4.40. The monoisotopic (exact) mass is 278 g/mol. The van der Waals surface area contributed by atoms with Crippen LogP contribution in [0.4, 0.5) is 0 Å². The van der Waals surface area contributed by atoms with E-state index in [2.05, 4.69) is 82.4 Å². The summed E-state index contributed by atoms with van der Waals surface area (Å²) in [6.07, 6.45) is 1.19. The molecule has 0 aromatic carbocycles. The molecule has 118 valence electrons. The fraction of sp³-hybridized carbons (Fsp3) is 0.800. The van der Waals surface area contributed by atoms with Crippen molar-refractivity contribution in [3.8, 4) is 0 Å². The van der Waals surface area contributed by atoms with Crippen LogP contribution in [0.3, 0.4) is 0 Å². The Bertz CT molecular complexity index is 354. The highest BCUT2D eigenvalue weighted by Gasteiger charge is 2.43. The van der Waals surface area contributed by atoms with E-state index in [1.807, 2.05) is 0 Å². The van der Waals surface area contributed by atoms with Gasteiger partial charge in [0.05, 0.1) is 0 Å². The third-order valence-electron chi connectivity index (χ3n) is 4.16. The van der Waals surface area contributed by atoms with Crippen LogP contribution in [-0.2, 0) is 0 Å². The molecule has 0 spiro atoms. The van der Waals surface area contributed by atoms with Gasteiger partial charge in [-0.3, -0.25) is 0 Å². The first-order valence-corrected chi connectivity index (χ1v) is 7.90. The molecule has 0 radical (unpaired) electrons. The normalized spacial score (nSPS) is 16.7. The van der Waals surface area contributed by atoms with Crippen molar-refractivity contribution in [2.45, 2.75) is 75.7 Å². The van der Waals surface area contributed by atoms with Gasteiger partial charge in [0.15, 0.2) is 0 Å². The molecule has 0 fully saturated rings. The summed E-state index contributed by atoms with van der Waals surface area (Å²) in [5, 5.41) is 0. The van der Waals surface area contributed by atoms with Crippen LogP contribution in [-0.4, -0.2) is 0 Å². The first kappa shape index (κ1) is 19.5. The molecule has 0 aliphatic rings. The van der Waals surface area contributed by atoms with Crippen molar-refractivity contribution in [2.75, 3.05) is 0 Å². The van der Waals surface area contributed by atoms with Crippen molar-refractivity contribution in [3.63, 3.8) is 0 Å². The average molecular weight is 279 g/mol. The van der Waals surface area contributed by atoms with Gasteiger partial charge in [0.25, 0.3) is 0 Å². The highest BCUT2D eigenvalue weighted by Crippen LogP contribution is 2.51. The summed E-state index contributed by atoms with van der Waals surface area (Å²) >= 11 is 0. The van der Waals surface area contributed by atoms with Crippen molar-refractivity contribution in [2.24, 2.45) is 28.1 Å². The van der Waals surface area contributed by atoms with Gasteiger partial charge in [-0.1, -0.05) is 79.7 Å². The maximum atomic E-state index is 4.33. The second-order valence-corrected chi connectivity index (χ2v) is 9.74. The van der Waals surface area contributed by atoms with Gasteiger partial charge < -0.3 is 0 Å². The van der Waals surface area contributed by atoms with Gasteiger partial charge in [-0.15, -0.1) is 0 Å². The van der Waals surface area contributed by atoms with E-state index in [1.165, 1.54) is 17.6 Å². The Morgan fingerprint density at radius 3 is 1.30 bits per heavy atom. The molecule has 0 aliphatic carbocycles. The van der Waals surface area contributed by atoms with Crippen LogP contribution < -0.4 is 0 Å². The van der Waals surface area contributed by atoms with E-state index in [-0.39, 0.29) is 10.8 Å².